The molecule has 2 bridgehead atoms. The highest BCUT2D eigenvalue weighted by atomic mass is 16.4. The lowest BCUT2D eigenvalue weighted by Crippen LogP contribution is -2.26. The van der Waals surface area contributed by atoms with Crippen molar-refractivity contribution >= 4 is 17.6 Å². The Morgan fingerprint density at radius 1 is 1.32 bits per heavy atom. The van der Waals surface area contributed by atoms with Crippen molar-refractivity contribution in [2.24, 2.45) is 17.8 Å². The number of fused-ring (bicyclic) bond motifs is 2. The maximum atomic E-state index is 12.2. The molecule has 1 saturated carbocycles. The molecule has 1 amide bonds. The Bertz CT molecular complexity index is 568. The van der Waals surface area contributed by atoms with E-state index in [0.717, 1.165) is 12.8 Å². The van der Waals surface area contributed by atoms with Gasteiger partial charge < -0.3 is 10.4 Å². The number of carboxylic acids is 1. The van der Waals surface area contributed by atoms with E-state index in [1.54, 1.807) is 0 Å². The maximum absolute atomic E-state index is 12.2. The molecular weight excluding hydrogens is 244 g/mol. The predicted molar refractivity (Wildman–Crippen MR) is 68.7 cm³/mol. The summed E-state index contributed by atoms with van der Waals surface area (Å²) in [5.74, 6) is -0.404. The molecule has 2 aliphatic carbocycles. The predicted octanol–water partition coefficient (Wildman–Crippen LogP) is 1.93. The van der Waals surface area contributed by atoms with Crippen molar-refractivity contribution in [3.05, 3.63) is 36.2 Å². The zero-order chi connectivity index (χ0) is 13.4. The Morgan fingerprint density at radius 2 is 2.16 bits per heavy atom. The van der Waals surface area contributed by atoms with Gasteiger partial charge in [-0.05, 0) is 30.7 Å². The van der Waals surface area contributed by atoms with E-state index in [1.807, 2.05) is 0 Å². The zero-order valence-electron chi connectivity index (χ0n) is 10.2. The molecule has 1 aromatic rings. The van der Waals surface area contributed by atoms with E-state index in [-0.39, 0.29) is 23.1 Å². The van der Waals surface area contributed by atoms with Crippen LogP contribution in [0.15, 0.2) is 30.6 Å². The summed E-state index contributed by atoms with van der Waals surface area (Å²) in [6.45, 7) is 0. The number of amides is 1. The second-order valence-corrected chi connectivity index (χ2v) is 5.10. The number of aromatic nitrogens is 1. The molecule has 0 radical (unpaired) electrons. The first-order valence-corrected chi connectivity index (χ1v) is 6.31. The van der Waals surface area contributed by atoms with Crippen LogP contribution in [0.25, 0.3) is 0 Å². The molecule has 0 aliphatic heterocycles. The Hall–Kier alpha value is -2.17. The van der Waals surface area contributed by atoms with E-state index in [0.29, 0.717) is 11.8 Å². The summed E-state index contributed by atoms with van der Waals surface area (Å²) in [6, 6.07) is 1.39. The number of pyridine rings is 1. The molecule has 1 aromatic heterocycles. The lowest BCUT2D eigenvalue weighted by molar-refractivity contribution is -0.120. The molecule has 0 spiro atoms. The number of allylic oxidation sites excluding steroid dienone is 2. The highest BCUT2D eigenvalue weighted by Gasteiger charge is 2.39. The number of rotatable bonds is 3. The second kappa shape index (κ2) is 4.50. The number of aromatic carboxylic acids is 1. The number of hydrogen-bond acceptors (Lipinski definition) is 3. The molecule has 2 N–H and O–H groups in total. The van der Waals surface area contributed by atoms with Gasteiger partial charge >= 0.3 is 5.97 Å². The van der Waals surface area contributed by atoms with Crippen molar-refractivity contribution in [3.8, 4) is 0 Å². The lowest BCUT2D eigenvalue weighted by atomic mass is 9.92. The Labute approximate surface area is 110 Å². The van der Waals surface area contributed by atoms with Crippen molar-refractivity contribution in [3.63, 3.8) is 0 Å². The Balaban J connectivity index is 1.77. The first kappa shape index (κ1) is 11.9. The lowest BCUT2D eigenvalue weighted by Gasteiger charge is -2.18. The Kier molecular flexibility index (Phi) is 2.81. The van der Waals surface area contributed by atoms with Gasteiger partial charge in [0.1, 0.15) is 0 Å². The quantitative estimate of drug-likeness (QED) is 0.812. The number of carbonyl (C=O) groups is 2. The molecule has 2 aliphatic rings. The number of nitrogens with one attached hydrogen (secondary N) is 1. The first-order chi connectivity index (χ1) is 9.15. The summed E-state index contributed by atoms with van der Waals surface area (Å²) < 4.78 is 0. The van der Waals surface area contributed by atoms with Crippen LogP contribution in [0.4, 0.5) is 5.69 Å². The van der Waals surface area contributed by atoms with Crippen molar-refractivity contribution in [2.45, 2.75) is 12.8 Å². The minimum Gasteiger partial charge on any atom is -0.478 e. The van der Waals surface area contributed by atoms with Gasteiger partial charge in [0.2, 0.25) is 5.91 Å². The first-order valence-electron chi connectivity index (χ1n) is 6.31. The van der Waals surface area contributed by atoms with E-state index >= 15 is 0 Å². The number of carboxylic acid groups (broad SMARTS) is 1. The molecule has 3 unspecified atom stereocenters. The molecule has 5 nitrogen and oxygen atoms in total. The molecule has 0 saturated heterocycles. The highest BCUT2D eigenvalue weighted by Crippen LogP contribution is 2.43. The third-order valence-electron chi connectivity index (χ3n) is 3.93. The summed E-state index contributed by atoms with van der Waals surface area (Å²) in [6.07, 6.45) is 8.94. The summed E-state index contributed by atoms with van der Waals surface area (Å²) in [5.41, 5.74) is 0.341. The number of carbonyl (C=O) groups excluding carboxylic acids is 1. The van der Waals surface area contributed by atoms with Gasteiger partial charge in [-0.25, -0.2) is 4.79 Å². The van der Waals surface area contributed by atoms with Gasteiger partial charge in [0, 0.05) is 12.1 Å². The van der Waals surface area contributed by atoms with Crippen LogP contribution in [0.3, 0.4) is 0 Å². The van der Waals surface area contributed by atoms with Gasteiger partial charge in [-0.1, -0.05) is 12.2 Å². The molecular formula is C14H14N2O3. The van der Waals surface area contributed by atoms with Crippen LogP contribution in [0.2, 0.25) is 0 Å². The summed E-state index contributed by atoms with van der Waals surface area (Å²) in [4.78, 5) is 27.1. The fourth-order valence-corrected chi connectivity index (χ4v) is 2.99. The molecule has 98 valence electrons. The molecule has 3 atom stereocenters. The van der Waals surface area contributed by atoms with Crippen LogP contribution in [-0.2, 0) is 4.79 Å². The summed E-state index contributed by atoms with van der Waals surface area (Å²) >= 11 is 0. The number of hydrogen-bond donors (Lipinski definition) is 2. The zero-order valence-corrected chi connectivity index (χ0v) is 10.2. The van der Waals surface area contributed by atoms with E-state index in [9.17, 15) is 9.59 Å². The summed E-state index contributed by atoms with van der Waals surface area (Å²) in [5, 5.41) is 11.8. The monoisotopic (exact) mass is 258 g/mol. The van der Waals surface area contributed by atoms with E-state index in [4.69, 9.17) is 5.11 Å². The average molecular weight is 258 g/mol. The molecule has 1 heterocycles. The third kappa shape index (κ3) is 2.12. The maximum Gasteiger partial charge on any atom is 0.337 e. The molecule has 3 rings (SSSR count). The van der Waals surface area contributed by atoms with E-state index < -0.39 is 5.97 Å². The van der Waals surface area contributed by atoms with Crippen LogP contribution >= 0.6 is 0 Å². The minimum atomic E-state index is -1.06. The molecule has 0 aromatic carbocycles. The fourth-order valence-electron chi connectivity index (χ4n) is 2.99. The van der Waals surface area contributed by atoms with E-state index in [1.165, 1.54) is 18.5 Å². The molecule has 5 heteroatoms. The van der Waals surface area contributed by atoms with E-state index in [2.05, 4.69) is 22.5 Å². The largest absolute Gasteiger partial charge is 0.478 e. The molecule has 19 heavy (non-hydrogen) atoms. The van der Waals surface area contributed by atoms with Crippen LogP contribution in [0, 0.1) is 17.8 Å². The van der Waals surface area contributed by atoms with Gasteiger partial charge in [-0.15, -0.1) is 0 Å². The smallest absolute Gasteiger partial charge is 0.337 e. The van der Waals surface area contributed by atoms with Gasteiger partial charge in [-0.3, -0.25) is 9.78 Å². The minimum absolute atomic E-state index is 0.0446. The van der Waals surface area contributed by atoms with Gasteiger partial charge in [0.05, 0.1) is 17.4 Å². The van der Waals surface area contributed by atoms with Crippen molar-refractivity contribution in [1.82, 2.24) is 4.98 Å². The standard InChI is InChI=1S/C14H14N2O3/c17-13(11-6-8-1-2-9(11)5-8)16-12-7-15-4-3-10(12)14(18)19/h1-4,7-9,11H,5-6H2,(H,16,17)(H,18,19). The van der Waals surface area contributed by atoms with Crippen molar-refractivity contribution in [2.75, 3.05) is 5.32 Å². The molecule has 1 fully saturated rings. The van der Waals surface area contributed by atoms with Gasteiger partial charge in [0.15, 0.2) is 0 Å². The number of nitrogens with zero attached hydrogens (tertiary/aromatic N) is 1. The van der Waals surface area contributed by atoms with Crippen LogP contribution in [0.5, 0.6) is 0 Å². The number of anilines is 1. The van der Waals surface area contributed by atoms with Gasteiger partial charge in [0.25, 0.3) is 0 Å². The van der Waals surface area contributed by atoms with Crippen LogP contribution in [0.1, 0.15) is 23.2 Å². The second-order valence-electron chi connectivity index (χ2n) is 5.10. The summed E-state index contributed by atoms with van der Waals surface area (Å²) in [7, 11) is 0. The van der Waals surface area contributed by atoms with Gasteiger partial charge in [-0.2, -0.15) is 0 Å². The normalized spacial score (nSPS) is 27.5. The SMILES string of the molecule is O=C(O)c1ccncc1NC(=O)C1CC2C=CC1C2. The fraction of sp³-hybridized carbons (Fsp3) is 0.357. The van der Waals surface area contributed by atoms with Crippen molar-refractivity contribution < 1.29 is 14.7 Å². The van der Waals surface area contributed by atoms with Crippen LogP contribution < -0.4 is 5.32 Å². The highest BCUT2D eigenvalue weighted by molar-refractivity contribution is 6.01. The third-order valence-corrected chi connectivity index (χ3v) is 3.93. The Morgan fingerprint density at radius 3 is 2.79 bits per heavy atom. The van der Waals surface area contributed by atoms with Crippen molar-refractivity contribution in [1.29, 1.82) is 0 Å². The topological polar surface area (TPSA) is 79.3 Å². The van der Waals surface area contributed by atoms with Crippen LogP contribution in [-0.4, -0.2) is 22.0 Å². The average Bonchev–Trinajstić information content (AvgIpc) is 3.01.